The van der Waals surface area contributed by atoms with E-state index in [4.69, 9.17) is 10.8 Å². The first-order valence-corrected chi connectivity index (χ1v) is 7.08. The monoisotopic (exact) mass is 271 g/mol. The largest absolute Gasteiger partial charge is 0.465 e. The van der Waals surface area contributed by atoms with Crippen LogP contribution in [0.2, 0.25) is 0 Å². The van der Waals surface area contributed by atoms with Crippen LogP contribution < -0.4 is 5.73 Å². The molecule has 0 amide bonds. The van der Waals surface area contributed by atoms with Crippen molar-refractivity contribution in [1.82, 2.24) is 0 Å². The third kappa shape index (κ3) is 4.66. The van der Waals surface area contributed by atoms with Crippen molar-refractivity contribution < 1.29 is 14.6 Å². The molecule has 0 aliphatic heterocycles. The van der Waals surface area contributed by atoms with E-state index < -0.39 is 0 Å². The van der Waals surface area contributed by atoms with Crippen LogP contribution in [-0.2, 0) is 11.2 Å². The summed E-state index contributed by atoms with van der Waals surface area (Å²) in [4.78, 5) is 12.5. The van der Waals surface area contributed by atoms with E-state index in [1.807, 2.05) is 6.07 Å². The van der Waals surface area contributed by atoms with Crippen LogP contribution in [0.4, 0.5) is 5.00 Å². The molecule has 0 fully saturated rings. The van der Waals surface area contributed by atoms with Crippen molar-refractivity contribution in [1.29, 1.82) is 0 Å². The Kier molecular flexibility index (Phi) is 6.75. The quantitative estimate of drug-likeness (QED) is 0.563. The fourth-order valence-corrected chi connectivity index (χ4v) is 2.75. The fraction of sp³-hybridized carbons (Fsp3) is 0.615. The summed E-state index contributed by atoms with van der Waals surface area (Å²) in [5.74, 6) is -0.363. The Morgan fingerprint density at radius 3 is 2.67 bits per heavy atom. The molecule has 3 N–H and O–H groups in total. The van der Waals surface area contributed by atoms with Crippen LogP contribution in [0.3, 0.4) is 0 Å². The van der Waals surface area contributed by atoms with Gasteiger partial charge >= 0.3 is 5.97 Å². The van der Waals surface area contributed by atoms with E-state index in [1.54, 1.807) is 0 Å². The van der Waals surface area contributed by atoms with Gasteiger partial charge in [0.1, 0.15) is 5.00 Å². The highest BCUT2D eigenvalue weighted by atomic mass is 32.1. The fourth-order valence-electron chi connectivity index (χ4n) is 1.79. The van der Waals surface area contributed by atoms with Gasteiger partial charge in [-0.25, -0.2) is 4.79 Å². The molecule has 0 saturated heterocycles. The van der Waals surface area contributed by atoms with Gasteiger partial charge in [0.05, 0.1) is 12.7 Å². The predicted molar refractivity (Wildman–Crippen MR) is 73.9 cm³/mol. The maximum Gasteiger partial charge on any atom is 0.340 e. The molecule has 0 radical (unpaired) electrons. The highest BCUT2D eigenvalue weighted by Gasteiger charge is 2.13. The first kappa shape index (κ1) is 15.0. The SMILES string of the molecule is COC(=O)c1cc(CCCCCCCO)sc1N. The number of thiophene rings is 1. The molecule has 18 heavy (non-hydrogen) atoms. The molecule has 1 aromatic heterocycles. The minimum Gasteiger partial charge on any atom is -0.465 e. The highest BCUT2D eigenvalue weighted by Crippen LogP contribution is 2.27. The molecule has 1 rings (SSSR count). The van der Waals surface area contributed by atoms with Gasteiger partial charge in [-0.1, -0.05) is 19.3 Å². The number of carbonyl (C=O) groups is 1. The van der Waals surface area contributed by atoms with E-state index in [0.29, 0.717) is 10.6 Å². The van der Waals surface area contributed by atoms with Crippen molar-refractivity contribution >= 4 is 22.3 Å². The number of hydrogen-bond donors (Lipinski definition) is 2. The number of nitrogens with two attached hydrogens (primary N) is 1. The Hall–Kier alpha value is -1.07. The van der Waals surface area contributed by atoms with E-state index in [0.717, 1.165) is 43.4 Å². The van der Waals surface area contributed by atoms with Crippen LogP contribution in [0.5, 0.6) is 0 Å². The Bertz CT molecular complexity index is 376. The molecule has 4 nitrogen and oxygen atoms in total. The number of anilines is 1. The molecule has 0 bridgehead atoms. The summed E-state index contributed by atoms with van der Waals surface area (Å²) in [5, 5.41) is 9.19. The number of carbonyl (C=O) groups excluding carboxylic acids is 1. The molecule has 102 valence electrons. The molecular formula is C13H21NO3S. The van der Waals surface area contributed by atoms with Gasteiger partial charge in [0.25, 0.3) is 0 Å². The van der Waals surface area contributed by atoms with Crippen molar-refractivity contribution in [3.8, 4) is 0 Å². The van der Waals surface area contributed by atoms with Crippen molar-refractivity contribution in [3.05, 3.63) is 16.5 Å². The smallest absolute Gasteiger partial charge is 0.340 e. The zero-order valence-electron chi connectivity index (χ0n) is 10.8. The summed E-state index contributed by atoms with van der Waals surface area (Å²) in [6.07, 6.45) is 6.29. The molecule has 0 aliphatic rings. The van der Waals surface area contributed by atoms with E-state index in [-0.39, 0.29) is 12.6 Å². The first-order chi connectivity index (χ1) is 8.69. The van der Waals surface area contributed by atoms with Gasteiger partial charge in [-0.3, -0.25) is 0 Å². The number of unbranched alkanes of at least 4 members (excludes halogenated alkanes) is 4. The van der Waals surface area contributed by atoms with Gasteiger partial charge in [0.2, 0.25) is 0 Å². The van der Waals surface area contributed by atoms with Crippen LogP contribution in [0.25, 0.3) is 0 Å². The minimum absolute atomic E-state index is 0.282. The summed E-state index contributed by atoms with van der Waals surface area (Å²) >= 11 is 1.46. The number of methoxy groups -OCH3 is 1. The van der Waals surface area contributed by atoms with Gasteiger partial charge in [-0.2, -0.15) is 0 Å². The highest BCUT2D eigenvalue weighted by molar-refractivity contribution is 7.16. The van der Waals surface area contributed by atoms with Crippen LogP contribution in [0.1, 0.15) is 47.3 Å². The Labute approximate surface area is 112 Å². The van der Waals surface area contributed by atoms with Crippen molar-refractivity contribution in [2.75, 3.05) is 19.5 Å². The van der Waals surface area contributed by atoms with Crippen molar-refractivity contribution in [2.24, 2.45) is 0 Å². The van der Waals surface area contributed by atoms with Gasteiger partial charge in [-0.15, -0.1) is 11.3 Å². The van der Waals surface area contributed by atoms with E-state index in [9.17, 15) is 4.79 Å². The number of esters is 1. The Morgan fingerprint density at radius 2 is 2.00 bits per heavy atom. The molecule has 0 aromatic carbocycles. The summed E-state index contributed by atoms with van der Waals surface area (Å²) in [6.45, 7) is 0.282. The topological polar surface area (TPSA) is 72.5 Å². The summed E-state index contributed by atoms with van der Waals surface area (Å²) in [7, 11) is 1.36. The number of hydrogen-bond acceptors (Lipinski definition) is 5. The zero-order valence-corrected chi connectivity index (χ0v) is 11.6. The number of nitrogen functional groups attached to an aromatic ring is 1. The number of aliphatic hydroxyl groups is 1. The lowest BCUT2D eigenvalue weighted by Crippen LogP contribution is -2.01. The van der Waals surface area contributed by atoms with E-state index in [2.05, 4.69) is 4.74 Å². The summed E-state index contributed by atoms with van der Waals surface area (Å²) in [6, 6.07) is 1.83. The standard InChI is InChI=1S/C13H21NO3S/c1-17-13(16)11-9-10(18-12(11)14)7-5-3-2-4-6-8-15/h9,15H,2-8,14H2,1H3. The third-order valence-electron chi connectivity index (χ3n) is 2.80. The number of ether oxygens (including phenoxy) is 1. The van der Waals surface area contributed by atoms with Crippen LogP contribution in [-0.4, -0.2) is 24.8 Å². The molecule has 5 heteroatoms. The molecule has 0 aliphatic carbocycles. The average molecular weight is 271 g/mol. The summed E-state index contributed by atoms with van der Waals surface area (Å²) < 4.78 is 4.66. The number of aliphatic hydroxyl groups excluding tert-OH is 1. The zero-order chi connectivity index (χ0) is 13.4. The molecule has 0 unspecified atom stereocenters. The lowest BCUT2D eigenvalue weighted by molar-refractivity contribution is 0.0602. The van der Waals surface area contributed by atoms with E-state index >= 15 is 0 Å². The van der Waals surface area contributed by atoms with Crippen LogP contribution in [0, 0.1) is 0 Å². The summed E-state index contributed by atoms with van der Waals surface area (Å²) in [5.41, 5.74) is 6.26. The Balaban J connectivity index is 2.33. The molecule has 0 saturated carbocycles. The molecule has 1 aromatic rings. The minimum atomic E-state index is -0.363. The molecule has 1 heterocycles. The van der Waals surface area contributed by atoms with Gasteiger partial charge < -0.3 is 15.6 Å². The predicted octanol–water partition coefficient (Wildman–Crippen LogP) is 2.60. The molecule has 0 spiro atoms. The average Bonchev–Trinajstić information content (AvgIpc) is 2.74. The number of rotatable bonds is 8. The Morgan fingerprint density at radius 1 is 1.33 bits per heavy atom. The molecular weight excluding hydrogens is 250 g/mol. The lowest BCUT2D eigenvalue weighted by Gasteiger charge is -1.98. The maximum absolute atomic E-state index is 11.4. The maximum atomic E-state index is 11.4. The van der Waals surface area contributed by atoms with Crippen LogP contribution in [0.15, 0.2) is 6.07 Å². The normalized spacial score (nSPS) is 10.6. The third-order valence-corrected chi connectivity index (χ3v) is 3.82. The second-order valence-corrected chi connectivity index (χ2v) is 5.39. The van der Waals surface area contributed by atoms with Crippen molar-refractivity contribution in [3.63, 3.8) is 0 Å². The van der Waals surface area contributed by atoms with E-state index in [1.165, 1.54) is 18.4 Å². The van der Waals surface area contributed by atoms with Gasteiger partial charge in [-0.05, 0) is 25.3 Å². The first-order valence-electron chi connectivity index (χ1n) is 6.26. The second-order valence-electron chi connectivity index (χ2n) is 4.22. The van der Waals surface area contributed by atoms with Gasteiger partial charge in [0, 0.05) is 11.5 Å². The molecule has 0 atom stereocenters. The number of aryl methyl sites for hydroxylation is 1. The lowest BCUT2D eigenvalue weighted by atomic mass is 10.1. The van der Waals surface area contributed by atoms with Gasteiger partial charge in [0.15, 0.2) is 0 Å². The van der Waals surface area contributed by atoms with Crippen molar-refractivity contribution in [2.45, 2.75) is 38.5 Å². The second kappa shape index (κ2) is 8.11. The van der Waals surface area contributed by atoms with Crippen LogP contribution >= 0.6 is 11.3 Å².